The molecule has 0 aromatic carbocycles. The monoisotopic (exact) mass is 165 g/mol. The van der Waals surface area contributed by atoms with Gasteiger partial charge in [-0.05, 0) is 18.8 Å². The highest BCUT2D eigenvalue weighted by molar-refractivity contribution is 5.85. The van der Waals surface area contributed by atoms with Gasteiger partial charge in [0.25, 0.3) is 0 Å². The van der Waals surface area contributed by atoms with Gasteiger partial charge in [0, 0.05) is 6.04 Å². The van der Waals surface area contributed by atoms with Crippen LogP contribution in [0.3, 0.4) is 0 Å². The molecule has 1 rings (SSSR count). The van der Waals surface area contributed by atoms with Crippen LogP contribution in [0.25, 0.3) is 0 Å². The normalized spacial score (nSPS) is 22.2. The molecule has 0 heterocycles. The minimum atomic E-state index is 0. The molecule has 10 heavy (non-hydrogen) atoms. The van der Waals surface area contributed by atoms with Crippen LogP contribution in [-0.2, 0) is 0 Å². The molecule has 62 valence electrons. The van der Waals surface area contributed by atoms with E-state index in [9.17, 15) is 0 Å². The van der Waals surface area contributed by atoms with E-state index in [-0.39, 0.29) is 25.1 Å². The molecule has 1 atom stereocenters. The van der Waals surface area contributed by atoms with Crippen molar-refractivity contribution >= 4 is 12.4 Å². The first-order chi connectivity index (χ1) is 4.34. The third-order valence-electron chi connectivity index (χ3n) is 2.22. The van der Waals surface area contributed by atoms with E-state index >= 15 is 0 Å². The van der Waals surface area contributed by atoms with Crippen LogP contribution in [0, 0.1) is 5.92 Å². The number of halogens is 1. The highest BCUT2D eigenvalue weighted by Crippen LogP contribution is 2.26. The SMILES string of the molecule is Cl.N[C@H](CO)C1CCCC1. The quantitative estimate of drug-likeness (QED) is 0.639. The molecule has 0 bridgehead atoms. The number of aliphatic hydroxyl groups is 1. The summed E-state index contributed by atoms with van der Waals surface area (Å²) in [5.41, 5.74) is 5.63. The Labute approximate surface area is 68.2 Å². The molecule has 0 aromatic rings. The molecule has 1 aliphatic carbocycles. The largest absolute Gasteiger partial charge is 0.395 e. The predicted molar refractivity (Wildman–Crippen MR) is 44.3 cm³/mol. The van der Waals surface area contributed by atoms with Crippen LogP contribution in [0.1, 0.15) is 25.7 Å². The first-order valence-corrected chi connectivity index (χ1v) is 3.71. The summed E-state index contributed by atoms with van der Waals surface area (Å²) >= 11 is 0. The molecular weight excluding hydrogens is 150 g/mol. The molecule has 3 heteroatoms. The summed E-state index contributed by atoms with van der Waals surface area (Å²) in [6, 6.07) is 0.0486. The van der Waals surface area contributed by atoms with Gasteiger partial charge in [-0.25, -0.2) is 0 Å². The van der Waals surface area contributed by atoms with Gasteiger partial charge in [0.2, 0.25) is 0 Å². The van der Waals surface area contributed by atoms with Gasteiger partial charge in [-0.3, -0.25) is 0 Å². The summed E-state index contributed by atoms with van der Waals surface area (Å²) in [5, 5.41) is 8.67. The van der Waals surface area contributed by atoms with Gasteiger partial charge >= 0.3 is 0 Å². The summed E-state index contributed by atoms with van der Waals surface area (Å²) in [4.78, 5) is 0. The van der Waals surface area contributed by atoms with Crippen LogP contribution >= 0.6 is 12.4 Å². The second-order valence-electron chi connectivity index (χ2n) is 2.89. The van der Waals surface area contributed by atoms with Gasteiger partial charge in [-0.15, -0.1) is 12.4 Å². The topological polar surface area (TPSA) is 46.2 Å². The zero-order valence-corrected chi connectivity index (χ0v) is 6.94. The molecule has 1 saturated carbocycles. The number of hydrogen-bond acceptors (Lipinski definition) is 2. The Hall–Kier alpha value is 0.210. The van der Waals surface area contributed by atoms with E-state index in [1.165, 1.54) is 25.7 Å². The van der Waals surface area contributed by atoms with Crippen molar-refractivity contribution < 1.29 is 5.11 Å². The Balaban J connectivity index is 0.000000810. The highest BCUT2D eigenvalue weighted by atomic mass is 35.5. The van der Waals surface area contributed by atoms with E-state index in [2.05, 4.69) is 0 Å². The fourth-order valence-electron chi connectivity index (χ4n) is 1.53. The summed E-state index contributed by atoms with van der Waals surface area (Å²) in [7, 11) is 0. The van der Waals surface area contributed by atoms with Crippen LogP contribution in [0.2, 0.25) is 0 Å². The molecule has 0 aliphatic heterocycles. The van der Waals surface area contributed by atoms with Crippen LogP contribution in [0.5, 0.6) is 0 Å². The van der Waals surface area contributed by atoms with Crippen LogP contribution in [0.4, 0.5) is 0 Å². The summed E-state index contributed by atoms with van der Waals surface area (Å²) in [5.74, 6) is 0.606. The molecule has 1 fully saturated rings. The van der Waals surface area contributed by atoms with Gasteiger partial charge in [-0.2, -0.15) is 0 Å². The van der Waals surface area contributed by atoms with E-state index in [0.717, 1.165) is 0 Å². The minimum Gasteiger partial charge on any atom is -0.395 e. The Morgan fingerprint density at radius 2 is 1.90 bits per heavy atom. The smallest absolute Gasteiger partial charge is 0.0585 e. The maximum absolute atomic E-state index is 8.67. The lowest BCUT2D eigenvalue weighted by Crippen LogP contribution is -2.31. The molecule has 2 nitrogen and oxygen atoms in total. The summed E-state index contributed by atoms with van der Waals surface area (Å²) < 4.78 is 0. The lowest BCUT2D eigenvalue weighted by molar-refractivity contribution is 0.227. The molecule has 3 N–H and O–H groups in total. The standard InChI is InChI=1S/C7H15NO.ClH/c8-7(5-9)6-3-1-2-4-6;/h6-7,9H,1-5,8H2;1H/t7-;/m1./s1. The van der Waals surface area contributed by atoms with Gasteiger partial charge in [0.15, 0.2) is 0 Å². The van der Waals surface area contributed by atoms with Gasteiger partial charge in [-0.1, -0.05) is 12.8 Å². The van der Waals surface area contributed by atoms with E-state index in [1.54, 1.807) is 0 Å². The fraction of sp³-hybridized carbons (Fsp3) is 1.00. The second-order valence-corrected chi connectivity index (χ2v) is 2.89. The van der Waals surface area contributed by atoms with E-state index in [4.69, 9.17) is 10.8 Å². The molecule has 1 aliphatic rings. The van der Waals surface area contributed by atoms with Crippen molar-refractivity contribution in [1.82, 2.24) is 0 Å². The van der Waals surface area contributed by atoms with Crippen molar-refractivity contribution in [2.45, 2.75) is 31.7 Å². The maximum atomic E-state index is 8.67. The molecule has 0 amide bonds. The van der Waals surface area contributed by atoms with Crippen LogP contribution in [0.15, 0.2) is 0 Å². The zero-order valence-electron chi connectivity index (χ0n) is 6.12. The van der Waals surface area contributed by atoms with Crippen molar-refractivity contribution in [3.05, 3.63) is 0 Å². The molecule has 0 spiro atoms. The third kappa shape index (κ3) is 2.45. The van der Waals surface area contributed by atoms with Crippen molar-refractivity contribution in [3.8, 4) is 0 Å². The lowest BCUT2D eigenvalue weighted by Gasteiger charge is -2.14. The van der Waals surface area contributed by atoms with Gasteiger partial charge in [0.1, 0.15) is 0 Å². The Kier molecular flexibility index (Phi) is 5.04. The van der Waals surface area contributed by atoms with Crippen molar-refractivity contribution in [3.63, 3.8) is 0 Å². The first kappa shape index (κ1) is 10.2. The highest BCUT2D eigenvalue weighted by Gasteiger charge is 2.20. The number of aliphatic hydroxyl groups excluding tert-OH is 1. The van der Waals surface area contributed by atoms with E-state index in [0.29, 0.717) is 5.92 Å². The van der Waals surface area contributed by atoms with Crippen molar-refractivity contribution in [2.75, 3.05) is 6.61 Å². The van der Waals surface area contributed by atoms with Crippen LogP contribution < -0.4 is 5.73 Å². The first-order valence-electron chi connectivity index (χ1n) is 3.71. The summed E-state index contributed by atoms with van der Waals surface area (Å²) in [6.45, 7) is 0.157. The maximum Gasteiger partial charge on any atom is 0.0585 e. The van der Waals surface area contributed by atoms with Gasteiger partial charge in [0.05, 0.1) is 6.61 Å². The second kappa shape index (κ2) is 4.94. The van der Waals surface area contributed by atoms with Gasteiger partial charge < -0.3 is 10.8 Å². The van der Waals surface area contributed by atoms with E-state index in [1.807, 2.05) is 0 Å². The number of hydrogen-bond donors (Lipinski definition) is 2. The minimum absolute atomic E-state index is 0. The number of nitrogens with two attached hydrogens (primary N) is 1. The molecule has 0 unspecified atom stereocenters. The lowest BCUT2D eigenvalue weighted by atomic mass is 10.0. The zero-order chi connectivity index (χ0) is 6.69. The third-order valence-corrected chi connectivity index (χ3v) is 2.22. The average Bonchev–Trinajstić information content (AvgIpc) is 2.37. The molecule has 0 radical (unpaired) electrons. The molecule has 0 aromatic heterocycles. The summed E-state index contributed by atoms with van der Waals surface area (Å²) in [6.07, 6.45) is 5.06. The Morgan fingerprint density at radius 3 is 2.30 bits per heavy atom. The fourth-order valence-corrected chi connectivity index (χ4v) is 1.53. The van der Waals surface area contributed by atoms with E-state index < -0.39 is 0 Å². The Morgan fingerprint density at radius 1 is 1.40 bits per heavy atom. The van der Waals surface area contributed by atoms with Crippen LogP contribution in [-0.4, -0.2) is 17.8 Å². The number of rotatable bonds is 2. The van der Waals surface area contributed by atoms with Crippen molar-refractivity contribution in [2.24, 2.45) is 11.7 Å². The van der Waals surface area contributed by atoms with Crippen molar-refractivity contribution in [1.29, 1.82) is 0 Å². The average molecular weight is 166 g/mol. The Bertz CT molecular complexity index is 83.7. The predicted octanol–water partition coefficient (Wildman–Crippen LogP) is 0.918. The molecule has 0 saturated heterocycles. The molecular formula is C7H16ClNO.